The van der Waals surface area contributed by atoms with Crippen molar-refractivity contribution in [2.24, 2.45) is 0 Å². The van der Waals surface area contributed by atoms with Crippen molar-refractivity contribution in [2.45, 2.75) is 11.7 Å². The van der Waals surface area contributed by atoms with E-state index in [1.165, 1.54) is 4.90 Å². The van der Waals surface area contributed by atoms with Crippen molar-refractivity contribution in [1.82, 2.24) is 4.98 Å². The van der Waals surface area contributed by atoms with Crippen LogP contribution in [0.5, 0.6) is 0 Å². The van der Waals surface area contributed by atoms with Crippen LogP contribution in [-0.4, -0.2) is 31.1 Å². The van der Waals surface area contributed by atoms with Crippen molar-refractivity contribution >= 4 is 42.1 Å². The standard InChI is InChI=1S/C13H11ClN2O3S/c14-20(18,19)10-6-13(17)16(8-10)12-3-1-2-9-7-15-5-4-11(9)12/h1-5,7,10H,6,8H2. The molecule has 1 unspecified atom stereocenters. The van der Waals surface area contributed by atoms with Crippen molar-refractivity contribution in [3.8, 4) is 0 Å². The molecule has 2 aromatic rings. The topological polar surface area (TPSA) is 67.3 Å². The van der Waals surface area contributed by atoms with E-state index < -0.39 is 14.3 Å². The van der Waals surface area contributed by atoms with Crippen LogP contribution < -0.4 is 4.90 Å². The van der Waals surface area contributed by atoms with Gasteiger partial charge in [0.05, 0.1) is 5.69 Å². The molecular weight excluding hydrogens is 300 g/mol. The lowest BCUT2D eigenvalue weighted by Crippen LogP contribution is -2.26. The average Bonchev–Trinajstić information content (AvgIpc) is 2.80. The van der Waals surface area contributed by atoms with Crippen molar-refractivity contribution in [3.05, 3.63) is 36.7 Å². The van der Waals surface area contributed by atoms with E-state index in [0.29, 0.717) is 5.69 Å². The highest BCUT2D eigenvalue weighted by atomic mass is 35.7. The maximum atomic E-state index is 12.1. The molecule has 0 bridgehead atoms. The van der Waals surface area contributed by atoms with Gasteiger partial charge >= 0.3 is 0 Å². The van der Waals surface area contributed by atoms with Gasteiger partial charge in [-0.25, -0.2) is 8.42 Å². The molecule has 0 aliphatic carbocycles. The Bertz CT molecular complexity index is 786. The van der Waals surface area contributed by atoms with Crippen LogP contribution >= 0.6 is 10.7 Å². The van der Waals surface area contributed by atoms with E-state index in [2.05, 4.69) is 4.98 Å². The molecule has 0 N–H and O–H groups in total. The highest BCUT2D eigenvalue weighted by Gasteiger charge is 2.38. The fourth-order valence-corrected chi connectivity index (χ4v) is 3.46. The number of carbonyl (C=O) groups excluding carboxylic acids is 1. The maximum Gasteiger partial charge on any atom is 0.237 e. The first-order valence-electron chi connectivity index (χ1n) is 6.03. The molecule has 7 heteroatoms. The van der Waals surface area contributed by atoms with Gasteiger partial charge in [0.15, 0.2) is 0 Å². The van der Waals surface area contributed by atoms with Crippen molar-refractivity contribution in [3.63, 3.8) is 0 Å². The molecule has 20 heavy (non-hydrogen) atoms. The van der Waals surface area contributed by atoms with Gasteiger partial charge in [-0.15, -0.1) is 0 Å². The van der Waals surface area contributed by atoms with Gasteiger partial charge in [-0.1, -0.05) is 12.1 Å². The highest BCUT2D eigenvalue weighted by molar-refractivity contribution is 8.14. The largest absolute Gasteiger partial charge is 0.310 e. The van der Waals surface area contributed by atoms with Crippen LogP contribution in [0.1, 0.15) is 6.42 Å². The number of amides is 1. The normalized spacial score (nSPS) is 19.8. The van der Waals surface area contributed by atoms with Crippen molar-refractivity contribution < 1.29 is 13.2 Å². The number of carbonyl (C=O) groups is 1. The Labute approximate surface area is 120 Å². The van der Waals surface area contributed by atoms with Crippen LogP contribution in [0, 0.1) is 0 Å². The minimum Gasteiger partial charge on any atom is -0.310 e. The molecule has 1 atom stereocenters. The Kier molecular flexibility index (Phi) is 3.14. The lowest BCUT2D eigenvalue weighted by molar-refractivity contribution is -0.117. The quantitative estimate of drug-likeness (QED) is 0.795. The molecule has 1 aromatic carbocycles. The fourth-order valence-electron chi connectivity index (χ4n) is 2.44. The number of halogens is 1. The summed E-state index contributed by atoms with van der Waals surface area (Å²) >= 11 is 0. The molecule has 1 aliphatic heterocycles. The number of nitrogens with zero attached hydrogens (tertiary/aromatic N) is 2. The van der Waals surface area contributed by atoms with Gasteiger partial charge in [-0.3, -0.25) is 9.78 Å². The second-order valence-electron chi connectivity index (χ2n) is 4.68. The van der Waals surface area contributed by atoms with Crippen LogP contribution in [0.15, 0.2) is 36.7 Å². The molecule has 1 amide bonds. The Morgan fingerprint density at radius 2 is 2.10 bits per heavy atom. The van der Waals surface area contributed by atoms with Gasteiger partial charge in [0, 0.05) is 46.8 Å². The maximum absolute atomic E-state index is 12.1. The zero-order valence-corrected chi connectivity index (χ0v) is 11.9. The van der Waals surface area contributed by atoms with Crippen LogP contribution in [0.2, 0.25) is 0 Å². The van der Waals surface area contributed by atoms with Crippen LogP contribution in [0.4, 0.5) is 5.69 Å². The van der Waals surface area contributed by atoms with E-state index in [9.17, 15) is 13.2 Å². The summed E-state index contributed by atoms with van der Waals surface area (Å²) in [6, 6.07) is 7.31. The van der Waals surface area contributed by atoms with Crippen molar-refractivity contribution in [1.29, 1.82) is 0 Å². The summed E-state index contributed by atoms with van der Waals surface area (Å²) in [5, 5.41) is 0.909. The van der Waals surface area contributed by atoms with Gasteiger partial charge in [-0.05, 0) is 12.1 Å². The predicted molar refractivity (Wildman–Crippen MR) is 77.3 cm³/mol. The number of aromatic nitrogens is 1. The van der Waals surface area contributed by atoms with Gasteiger partial charge in [0.25, 0.3) is 0 Å². The van der Waals surface area contributed by atoms with E-state index in [4.69, 9.17) is 10.7 Å². The predicted octanol–water partition coefficient (Wildman–Crippen LogP) is 1.91. The molecule has 2 heterocycles. The number of benzene rings is 1. The number of rotatable bonds is 2. The number of fused-ring (bicyclic) bond motifs is 1. The van der Waals surface area contributed by atoms with Crippen LogP contribution in [0.25, 0.3) is 10.8 Å². The third-order valence-corrected chi connectivity index (χ3v) is 5.30. The Morgan fingerprint density at radius 3 is 2.80 bits per heavy atom. The second-order valence-corrected chi connectivity index (χ2v) is 7.59. The zero-order chi connectivity index (χ0) is 14.3. The lowest BCUT2D eigenvalue weighted by Gasteiger charge is -2.18. The van der Waals surface area contributed by atoms with Gasteiger partial charge in [-0.2, -0.15) is 0 Å². The average molecular weight is 311 g/mol. The fraction of sp³-hybridized carbons (Fsp3) is 0.231. The first kappa shape index (κ1) is 13.3. The van der Waals surface area contributed by atoms with Crippen molar-refractivity contribution in [2.75, 3.05) is 11.4 Å². The summed E-state index contributed by atoms with van der Waals surface area (Å²) in [6.45, 7) is 0.0894. The monoisotopic (exact) mass is 310 g/mol. The number of anilines is 1. The second kappa shape index (κ2) is 4.71. The highest BCUT2D eigenvalue weighted by Crippen LogP contribution is 2.31. The van der Waals surface area contributed by atoms with E-state index >= 15 is 0 Å². The van der Waals surface area contributed by atoms with E-state index in [1.54, 1.807) is 24.5 Å². The SMILES string of the molecule is O=C1CC(S(=O)(=O)Cl)CN1c1cccc2cnccc12. The summed E-state index contributed by atoms with van der Waals surface area (Å²) in [5.74, 6) is -0.233. The van der Waals surface area contributed by atoms with Gasteiger partial charge in [0.2, 0.25) is 15.0 Å². The molecule has 104 valence electrons. The third kappa shape index (κ3) is 2.25. The third-order valence-electron chi connectivity index (χ3n) is 3.44. The van der Waals surface area contributed by atoms with E-state index in [0.717, 1.165) is 10.8 Å². The number of hydrogen-bond donors (Lipinski definition) is 0. The molecule has 0 saturated carbocycles. The molecule has 0 spiro atoms. The summed E-state index contributed by atoms with van der Waals surface area (Å²) in [5.41, 5.74) is 0.692. The van der Waals surface area contributed by atoms with Gasteiger partial charge < -0.3 is 4.90 Å². The minimum atomic E-state index is -3.73. The Morgan fingerprint density at radius 1 is 1.30 bits per heavy atom. The van der Waals surface area contributed by atoms with E-state index in [-0.39, 0.29) is 18.9 Å². The molecule has 3 rings (SSSR count). The summed E-state index contributed by atoms with van der Waals surface area (Å²) < 4.78 is 22.8. The summed E-state index contributed by atoms with van der Waals surface area (Å²) in [4.78, 5) is 17.6. The minimum absolute atomic E-state index is 0.0761. The molecule has 1 aromatic heterocycles. The van der Waals surface area contributed by atoms with Crippen LogP contribution in [0.3, 0.4) is 0 Å². The zero-order valence-electron chi connectivity index (χ0n) is 10.4. The number of hydrogen-bond acceptors (Lipinski definition) is 4. The molecule has 1 fully saturated rings. The first-order valence-corrected chi connectivity index (χ1v) is 8.40. The van der Waals surface area contributed by atoms with Gasteiger partial charge in [0.1, 0.15) is 5.25 Å². The molecular formula is C13H11ClN2O3S. The van der Waals surface area contributed by atoms with Crippen LogP contribution in [-0.2, 0) is 13.8 Å². The smallest absolute Gasteiger partial charge is 0.237 e. The Balaban J connectivity index is 2.06. The van der Waals surface area contributed by atoms with E-state index in [1.807, 2.05) is 12.1 Å². The number of pyridine rings is 1. The molecule has 1 aliphatic rings. The summed E-state index contributed by atoms with van der Waals surface area (Å²) in [6.07, 6.45) is 3.27. The Hall–Kier alpha value is -1.66. The lowest BCUT2D eigenvalue weighted by atomic mass is 10.1. The molecule has 5 nitrogen and oxygen atoms in total. The molecule has 1 saturated heterocycles. The first-order chi connectivity index (χ1) is 9.47. The summed E-state index contributed by atoms with van der Waals surface area (Å²) in [7, 11) is 1.63. The molecule has 0 radical (unpaired) electrons.